The highest BCUT2D eigenvalue weighted by Gasteiger charge is 2.25. The Morgan fingerprint density at radius 1 is 1.62 bits per heavy atom. The lowest BCUT2D eigenvalue weighted by Gasteiger charge is -2.17. The molecular weight excluding hydrogens is 190 g/mol. The summed E-state index contributed by atoms with van der Waals surface area (Å²) in [6.45, 7) is 5.45. The molecule has 1 atom stereocenters. The van der Waals surface area contributed by atoms with Gasteiger partial charge in [-0.05, 0) is 27.2 Å². The molecule has 0 aliphatic heterocycles. The molecule has 0 bridgehead atoms. The summed E-state index contributed by atoms with van der Waals surface area (Å²) < 4.78 is 14.7. The zero-order valence-corrected chi connectivity index (χ0v) is 8.93. The topological polar surface area (TPSA) is 72.7 Å². The number of rotatable bonds is 4. The fourth-order valence-corrected chi connectivity index (χ4v) is 1.02. The maximum absolute atomic E-state index is 11.3. The fourth-order valence-electron chi connectivity index (χ4n) is 0.467. The van der Waals surface area contributed by atoms with Gasteiger partial charge in [0, 0.05) is 0 Å². The molecular formula is C8H15NO3S. The smallest absolute Gasteiger partial charge is 0.303 e. The van der Waals surface area contributed by atoms with E-state index in [1.54, 1.807) is 0 Å². The van der Waals surface area contributed by atoms with Crippen molar-refractivity contribution in [3.63, 3.8) is 0 Å². The van der Waals surface area contributed by atoms with Crippen molar-refractivity contribution in [2.24, 2.45) is 4.40 Å². The van der Waals surface area contributed by atoms with Crippen LogP contribution in [0, 0.1) is 0 Å². The second kappa shape index (κ2) is 5.24. The highest BCUT2D eigenvalue weighted by molar-refractivity contribution is 7.91. The van der Waals surface area contributed by atoms with E-state index >= 15 is 0 Å². The maximum atomic E-state index is 11.3. The Balaban J connectivity index is 3.79. The van der Waals surface area contributed by atoms with Crippen molar-refractivity contribution in [1.29, 1.82) is 0 Å². The predicted octanol–water partition coefficient (Wildman–Crippen LogP) is 1.38. The Hall–Kier alpha value is -0.550. The summed E-state index contributed by atoms with van der Waals surface area (Å²) in [5.41, 5.74) is 0. The number of aliphatic carboxylic acids is 1. The molecule has 76 valence electrons. The lowest BCUT2D eigenvalue weighted by Crippen LogP contribution is -2.25. The predicted molar refractivity (Wildman–Crippen MR) is 53.3 cm³/mol. The van der Waals surface area contributed by atoms with Gasteiger partial charge in [0.25, 0.3) is 0 Å². The first-order valence-corrected chi connectivity index (χ1v) is 5.11. The van der Waals surface area contributed by atoms with Gasteiger partial charge in [0.2, 0.25) is 0 Å². The van der Waals surface area contributed by atoms with E-state index in [1.807, 2.05) is 20.8 Å². The molecule has 0 amide bonds. The summed E-state index contributed by atoms with van der Waals surface area (Å²) in [5.74, 6) is -0.868. The van der Waals surface area contributed by atoms with Gasteiger partial charge in [-0.3, -0.25) is 4.79 Å². The molecule has 0 rings (SSSR count). The van der Waals surface area contributed by atoms with Gasteiger partial charge in [0.1, 0.15) is 16.1 Å². The number of hydrogen-bond acceptors (Lipinski definition) is 3. The molecule has 0 heterocycles. The average molecular weight is 205 g/mol. The number of hydrogen-bond donors (Lipinski definition) is 1. The van der Waals surface area contributed by atoms with Crippen molar-refractivity contribution in [2.45, 2.75) is 38.4 Å². The first-order valence-electron chi connectivity index (χ1n) is 4.00. The van der Waals surface area contributed by atoms with Crippen LogP contribution in [0.4, 0.5) is 0 Å². The Kier molecular flexibility index (Phi) is 5.02. The number of carbonyl (C=O) groups is 1. The SMILES string of the molecule is CC(C)(C)[S+]([O-])/N=C/CCC(=O)O. The van der Waals surface area contributed by atoms with Gasteiger partial charge in [0.15, 0.2) is 0 Å². The molecule has 0 aromatic carbocycles. The first-order chi connectivity index (χ1) is 5.84. The zero-order chi connectivity index (χ0) is 10.5. The Labute approximate surface area is 81.4 Å². The molecule has 0 aliphatic carbocycles. The van der Waals surface area contributed by atoms with Crippen molar-refractivity contribution in [1.82, 2.24) is 0 Å². The van der Waals surface area contributed by atoms with E-state index < -0.39 is 17.3 Å². The fraction of sp³-hybridized carbons (Fsp3) is 0.750. The third-order valence-electron chi connectivity index (χ3n) is 1.18. The number of carboxylic acids is 1. The molecule has 0 saturated heterocycles. The van der Waals surface area contributed by atoms with Gasteiger partial charge in [-0.15, -0.1) is 0 Å². The van der Waals surface area contributed by atoms with Crippen LogP contribution < -0.4 is 0 Å². The van der Waals surface area contributed by atoms with Crippen molar-refractivity contribution in [2.75, 3.05) is 0 Å². The van der Waals surface area contributed by atoms with E-state index in [9.17, 15) is 9.35 Å². The molecule has 4 nitrogen and oxygen atoms in total. The molecule has 0 aliphatic rings. The van der Waals surface area contributed by atoms with Crippen molar-refractivity contribution < 1.29 is 14.5 Å². The Morgan fingerprint density at radius 2 is 2.15 bits per heavy atom. The van der Waals surface area contributed by atoms with Crippen LogP contribution in [0.2, 0.25) is 0 Å². The average Bonchev–Trinajstić information content (AvgIpc) is 1.95. The van der Waals surface area contributed by atoms with Crippen molar-refractivity contribution >= 4 is 23.5 Å². The molecule has 0 aromatic heterocycles. The van der Waals surface area contributed by atoms with Crippen LogP contribution >= 0.6 is 0 Å². The van der Waals surface area contributed by atoms with E-state index in [2.05, 4.69) is 4.40 Å². The lowest BCUT2D eigenvalue weighted by atomic mass is 10.3. The van der Waals surface area contributed by atoms with E-state index in [0.29, 0.717) is 6.42 Å². The monoisotopic (exact) mass is 205 g/mol. The van der Waals surface area contributed by atoms with Crippen LogP contribution in [0.5, 0.6) is 0 Å². The number of carboxylic acid groups (broad SMARTS) is 1. The van der Waals surface area contributed by atoms with Gasteiger partial charge in [-0.25, -0.2) is 0 Å². The molecule has 1 unspecified atom stereocenters. The van der Waals surface area contributed by atoms with Crippen molar-refractivity contribution in [3.8, 4) is 0 Å². The third kappa shape index (κ3) is 6.60. The largest absolute Gasteiger partial charge is 0.591 e. The minimum atomic E-state index is -1.28. The highest BCUT2D eigenvalue weighted by Crippen LogP contribution is 2.16. The quantitative estimate of drug-likeness (QED) is 0.556. The van der Waals surface area contributed by atoms with Gasteiger partial charge >= 0.3 is 5.97 Å². The van der Waals surface area contributed by atoms with E-state index in [4.69, 9.17) is 5.11 Å². The zero-order valence-electron chi connectivity index (χ0n) is 8.11. The highest BCUT2D eigenvalue weighted by atomic mass is 32.2. The molecule has 0 fully saturated rings. The summed E-state index contributed by atoms with van der Waals surface area (Å²) >= 11 is -1.28. The van der Waals surface area contributed by atoms with Crippen LogP contribution in [0.1, 0.15) is 33.6 Å². The lowest BCUT2D eigenvalue weighted by molar-refractivity contribution is -0.136. The standard InChI is InChI=1S/C8H15NO3S/c1-8(2,3)13(12)9-6-4-5-7(10)11/h6H,4-5H2,1-3H3,(H,10,11)/b9-6+. The molecule has 0 saturated carbocycles. The first kappa shape index (κ1) is 12.4. The van der Waals surface area contributed by atoms with Crippen molar-refractivity contribution in [3.05, 3.63) is 0 Å². The molecule has 1 N–H and O–H groups in total. The second-order valence-corrected chi connectivity index (χ2v) is 5.52. The summed E-state index contributed by atoms with van der Waals surface area (Å²) in [7, 11) is 0. The normalized spacial score (nSPS) is 14.8. The number of nitrogens with zero attached hydrogens (tertiary/aromatic N) is 1. The molecule has 0 spiro atoms. The Morgan fingerprint density at radius 3 is 2.54 bits per heavy atom. The minimum absolute atomic E-state index is 0.0326. The summed E-state index contributed by atoms with van der Waals surface area (Å²) in [6, 6.07) is 0. The van der Waals surface area contributed by atoms with E-state index in [0.717, 1.165) is 0 Å². The maximum Gasteiger partial charge on any atom is 0.303 e. The molecule has 13 heavy (non-hydrogen) atoms. The van der Waals surface area contributed by atoms with Gasteiger partial charge in [-0.2, -0.15) is 0 Å². The van der Waals surface area contributed by atoms with Crippen LogP contribution in [-0.2, 0) is 16.2 Å². The minimum Gasteiger partial charge on any atom is -0.591 e. The van der Waals surface area contributed by atoms with Crippen LogP contribution in [0.15, 0.2) is 4.40 Å². The van der Waals surface area contributed by atoms with Gasteiger partial charge < -0.3 is 9.66 Å². The Bertz CT molecular complexity index is 198. The van der Waals surface area contributed by atoms with Crippen LogP contribution in [0.25, 0.3) is 0 Å². The van der Waals surface area contributed by atoms with E-state index in [-0.39, 0.29) is 11.2 Å². The summed E-state index contributed by atoms with van der Waals surface area (Å²) in [4.78, 5) is 10.1. The van der Waals surface area contributed by atoms with Crippen LogP contribution in [-0.4, -0.2) is 26.6 Å². The summed E-state index contributed by atoms with van der Waals surface area (Å²) in [5, 5.41) is 8.30. The molecule has 5 heteroatoms. The van der Waals surface area contributed by atoms with Gasteiger partial charge in [0.05, 0.1) is 12.6 Å². The summed E-state index contributed by atoms with van der Waals surface area (Å²) in [6.07, 6.45) is 1.78. The van der Waals surface area contributed by atoms with E-state index in [1.165, 1.54) is 6.21 Å². The van der Waals surface area contributed by atoms with Crippen LogP contribution in [0.3, 0.4) is 0 Å². The molecule has 0 aromatic rings. The molecule has 0 radical (unpaired) electrons. The van der Waals surface area contributed by atoms with Gasteiger partial charge in [-0.1, -0.05) is 4.40 Å². The second-order valence-electron chi connectivity index (χ2n) is 3.58. The third-order valence-corrected chi connectivity index (χ3v) is 2.57.